The Kier molecular flexibility index (Phi) is 7.57. The first-order valence-corrected chi connectivity index (χ1v) is 9.65. The number of unbranched alkanes of at least 4 members (excludes halogenated alkanes) is 1. The minimum Gasteiger partial charge on any atom is -0.480 e. The number of aliphatic carboxylic acids is 1. The predicted octanol–water partition coefficient (Wildman–Crippen LogP) is 2.04. The summed E-state index contributed by atoms with van der Waals surface area (Å²) in [6.07, 6.45) is 1.73. The van der Waals surface area contributed by atoms with Crippen LogP contribution in [-0.2, 0) is 14.8 Å². The number of benzene rings is 1. The van der Waals surface area contributed by atoms with Gasteiger partial charge in [-0.1, -0.05) is 25.5 Å². The number of nitrogens with zero attached hydrogens (tertiary/aromatic N) is 2. The Hall–Kier alpha value is -1.93. The number of carbonyl (C=O) groups excluding carboxylic acids is 1. The second kappa shape index (κ2) is 8.96. The second-order valence-electron chi connectivity index (χ2n) is 6.11. The van der Waals surface area contributed by atoms with Crippen LogP contribution in [0, 0.1) is 0 Å². The van der Waals surface area contributed by atoms with Gasteiger partial charge in [0.25, 0.3) is 5.91 Å². The fourth-order valence-electron chi connectivity index (χ4n) is 2.38. The molecule has 1 aromatic rings. The molecule has 0 saturated heterocycles. The van der Waals surface area contributed by atoms with Gasteiger partial charge in [-0.15, -0.1) is 0 Å². The smallest absolute Gasteiger partial charge is 0.318 e. The molecule has 25 heavy (non-hydrogen) atoms. The summed E-state index contributed by atoms with van der Waals surface area (Å²) in [5, 5.41) is 9.03. The lowest BCUT2D eigenvalue weighted by molar-refractivity contribution is -0.137. The molecule has 0 heterocycles. The van der Waals surface area contributed by atoms with E-state index in [2.05, 4.69) is 0 Å². The Morgan fingerprint density at radius 1 is 1.20 bits per heavy atom. The molecule has 0 atom stereocenters. The Morgan fingerprint density at radius 3 is 2.32 bits per heavy atom. The lowest BCUT2D eigenvalue weighted by Gasteiger charge is -2.26. The van der Waals surface area contributed by atoms with E-state index in [0.717, 1.165) is 17.1 Å². The summed E-state index contributed by atoms with van der Waals surface area (Å²) >= 11 is 0. The average molecular weight is 370 g/mol. The SMILES string of the molecule is CCCCN(C)C(=O)c1ccccc1S(=O)(=O)N(CC(=O)O)C(C)C. The van der Waals surface area contributed by atoms with E-state index in [0.29, 0.717) is 6.54 Å². The van der Waals surface area contributed by atoms with E-state index in [-0.39, 0.29) is 10.5 Å². The number of carbonyl (C=O) groups is 2. The van der Waals surface area contributed by atoms with Crippen LogP contribution < -0.4 is 0 Å². The highest BCUT2D eigenvalue weighted by Crippen LogP contribution is 2.23. The molecule has 8 heteroatoms. The third kappa shape index (κ3) is 5.27. The molecule has 1 amide bonds. The summed E-state index contributed by atoms with van der Waals surface area (Å²) in [6.45, 7) is 5.06. The molecule has 0 spiro atoms. The van der Waals surface area contributed by atoms with Gasteiger partial charge in [0, 0.05) is 19.6 Å². The van der Waals surface area contributed by atoms with Crippen molar-refractivity contribution in [1.29, 1.82) is 0 Å². The van der Waals surface area contributed by atoms with Crippen LogP contribution in [0.3, 0.4) is 0 Å². The van der Waals surface area contributed by atoms with Crippen molar-refractivity contribution in [1.82, 2.24) is 9.21 Å². The number of hydrogen-bond acceptors (Lipinski definition) is 4. The molecule has 0 unspecified atom stereocenters. The van der Waals surface area contributed by atoms with Crippen molar-refractivity contribution in [3.63, 3.8) is 0 Å². The van der Waals surface area contributed by atoms with Crippen molar-refractivity contribution >= 4 is 21.9 Å². The highest BCUT2D eigenvalue weighted by molar-refractivity contribution is 7.89. The molecule has 0 aliphatic carbocycles. The zero-order valence-corrected chi connectivity index (χ0v) is 15.9. The molecule has 7 nitrogen and oxygen atoms in total. The highest BCUT2D eigenvalue weighted by atomic mass is 32.2. The standard InChI is InChI=1S/C17H26N2O5S/c1-5-6-11-18(4)17(22)14-9-7-8-10-15(14)25(23,24)19(13(2)3)12-16(20)21/h7-10,13H,5-6,11-12H2,1-4H3,(H,20,21). The highest BCUT2D eigenvalue weighted by Gasteiger charge is 2.32. The Balaban J connectivity index is 3.33. The summed E-state index contributed by atoms with van der Waals surface area (Å²) in [6, 6.07) is 5.36. The fraction of sp³-hybridized carbons (Fsp3) is 0.529. The molecule has 140 valence electrons. The van der Waals surface area contributed by atoms with Gasteiger partial charge in [-0.05, 0) is 32.4 Å². The molecule has 0 aliphatic rings. The van der Waals surface area contributed by atoms with Crippen LogP contribution in [0.5, 0.6) is 0 Å². The van der Waals surface area contributed by atoms with Crippen LogP contribution in [0.25, 0.3) is 0 Å². The molecule has 1 rings (SSSR count). The second-order valence-corrected chi connectivity index (χ2v) is 7.97. The first kappa shape index (κ1) is 21.1. The average Bonchev–Trinajstić information content (AvgIpc) is 2.56. The molecule has 0 radical (unpaired) electrons. The number of carboxylic acids is 1. The van der Waals surface area contributed by atoms with Crippen LogP contribution >= 0.6 is 0 Å². The van der Waals surface area contributed by atoms with Gasteiger partial charge in [-0.2, -0.15) is 4.31 Å². The van der Waals surface area contributed by atoms with E-state index >= 15 is 0 Å². The molecule has 1 aromatic carbocycles. The van der Waals surface area contributed by atoms with Crippen LogP contribution in [0.2, 0.25) is 0 Å². The largest absolute Gasteiger partial charge is 0.480 e. The van der Waals surface area contributed by atoms with E-state index in [9.17, 15) is 18.0 Å². The molecular weight excluding hydrogens is 344 g/mol. The van der Waals surface area contributed by atoms with Crippen LogP contribution in [0.1, 0.15) is 44.0 Å². The zero-order valence-electron chi connectivity index (χ0n) is 15.1. The molecule has 1 N–H and O–H groups in total. The maximum Gasteiger partial charge on any atom is 0.318 e. The van der Waals surface area contributed by atoms with Crippen molar-refractivity contribution in [2.45, 2.75) is 44.6 Å². The molecule has 0 saturated carbocycles. The summed E-state index contributed by atoms with van der Waals surface area (Å²) in [4.78, 5) is 25.0. The van der Waals surface area contributed by atoms with E-state index in [1.807, 2.05) is 6.92 Å². The van der Waals surface area contributed by atoms with Gasteiger partial charge >= 0.3 is 5.97 Å². The first-order valence-electron chi connectivity index (χ1n) is 8.21. The van der Waals surface area contributed by atoms with Crippen molar-refractivity contribution in [3.8, 4) is 0 Å². The third-order valence-corrected chi connectivity index (χ3v) is 5.84. The van der Waals surface area contributed by atoms with Gasteiger partial charge in [-0.25, -0.2) is 8.42 Å². The molecular formula is C17H26N2O5S. The van der Waals surface area contributed by atoms with E-state index in [4.69, 9.17) is 5.11 Å². The van der Waals surface area contributed by atoms with E-state index in [1.165, 1.54) is 23.1 Å². The van der Waals surface area contributed by atoms with Crippen molar-refractivity contribution in [3.05, 3.63) is 29.8 Å². The van der Waals surface area contributed by atoms with Gasteiger partial charge < -0.3 is 10.0 Å². The number of hydrogen-bond donors (Lipinski definition) is 1. The van der Waals surface area contributed by atoms with E-state index in [1.54, 1.807) is 27.0 Å². The van der Waals surface area contributed by atoms with Crippen LogP contribution in [-0.4, -0.2) is 60.8 Å². The van der Waals surface area contributed by atoms with Gasteiger partial charge in [0.1, 0.15) is 6.54 Å². The quantitative estimate of drug-likeness (QED) is 0.718. The lowest BCUT2D eigenvalue weighted by atomic mass is 10.2. The van der Waals surface area contributed by atoms with Gasteiger partial charge in [-0.3, -0.25) is 9.59 Å². The Labute approximate surface area is 149 Å². The Morgan fingerprint density at radius 2 is 1.80 bits per heavy atom. The maximum absolute atomic E-state index is 13.0. The summed E-state index contributed by atoms with van der Waals surface area (Å²) in [5.74, 6) is -1.65. The van der Waals surface area contributed by atoms with Gasteiger partial charge in [0.05, 0.1) is 10.5 Å². The molecule has 0 fully saturated rings. The number of rotatable bonds is 9. The molecule has 0 aromatic heterocycles. The summed E-state index contributed by atoms with van der Waals surface area (Å²) in [5.41, 5.74) is 0.0529. The normalized spacial score (nSPS) is 11.8. The number of amides is 1. The van der Waals surface area contributed by atoms with Crippen LogP contribution in [0.15, 0.2) is 29.2 Å². The van der Waals surface area contributed by atoms with Crippen LogP contribution in [0.4, 0.5) is 0 Å². The number of carboxylic acid groups (broad SMARTS) is 1. The first-order chi connectivity index (χ1) is 11.6. The molecule has 0 aliphatic heterocycles. The maximum atomic E-state index is 13.0. The van der Waals surface area contributed by atoms with Crippen molar-refractivity contribution in [2.24, 2.45) is 0 Å². The predicted molar refractivity (Wildman–Crippen MR) is 95.0 cm³/mol. The van der Waals surface area contributed by atoms with Crippen molar-refractivity contribution in [2.75, 3.05) is 20.1 Å². The minimum absolute atomic E-state index is 0.0529. The minimum atomic E-state index is -4.12. The Bertz CT molecular complexity index is 716. The van der Waals surface area contributed by atoms with Gasteiger partial charge in [0.2, 0.25) is 10.0 Å². The molecule has 0 bridgehead atoms. The topological polar surface area (TPSA) is 95.0 Å². The fourth-order valence-corrected chi connectivity index (χ4v) is 4.15. The summed E-state index contributed by atoms with van der Waals surface area (Å²) < 4.78 is 26.8. The zero-order chi connectivity index (χ0) is 19.2. The monoisotopic (exact) mass is 370 g/mol. The van der Waals surface area contributed by atoms with E-state index < -0.39 is 34.5 Å². The van der Waals surface area contributed by atoms with Gasteiger partial charge in [0.15, 0.2) is 0 Å². The number of sulfonamides is 1. The summed E-state index contributed by atoms with van der Waals surface area (Å²) in [7, 11) is -2.50. The third-order valence-electron chi connectivity index (χ3n) is 3.76. The lowest BCUT2D eigenvalue weighted by Crippen LogP contribution is -2.41. The van der Waals surface area contributed by atoms with Crippen molar-refractivity contribution < 1.29 is 23.1 Å².